The molecule has 0 aliphatic carbocycles. The molecule has 0 aliphatic heterocycles. The summed E-state index contributed by atoms with van der Waals surface area (Å²) in [4.78, 5) is 16.7. The van der Waals surface area contributed by atoms with Gasteiger partial charge in [-0.25, -0.2) is 0 Å². The average molecular weight is 393 g/mol. The van der Waals surface area contributed by atoms with E-state index in [1.54, 1.807) is 10.6 Å². The Morgan fingerprint density at radius 3 is 2.72 bits per heavy atom. The van der Waals surface area contributed by atoms with Crippen LogP contribution in [0.15, 0.2) is 12.7 Å². The molecule has 10 heteroatoms. The molecule has 2 N–H and O–H groups in total. The van der Waals surface area contributed by atoms with Gasteiger partial charge in [0.15, 0.2) is 11.5 Å². The van der Waals surface area contributed by atoms with Gasteiger partial charge in [-0.05, 0) is 24.4 Å². The maximum atomic E-state index is 12.5. The quantitative estimate of drug-likeness (QED) is 0.320. The zero-order chi connectivity index (χ0) is 18.9. The Morgan fingerprint density at radius 2 is 2.12 bits per heavy atom. The van der Waals surface area contributed by atoms with Crippen LogP contribution in [0.25, 0.3) is 0 Å². The molecule has 0 radical (unpaired) electrons. The maximum absolute atomic E-state index is 12.5. The zero-order valence-corrected chi connectivity index (χ0v) is 16.1. The van der Waals surface area contributed by atoms with Crippen LogP contribution in [-0.2, 0) is 20.8 Å². The first-order chi connectivity index (χ1) is 11.8. The van der Waals surface area contributed by atoms with Crippen LogP contribution < -0.4 is 10.6 Å². The number of aromatic nitrogens is 2. The van der Waals surface area contributed by atoms with Crippen molar-refractivity contribution in [1.82, 2.24) is 14.9 Å². The van der Waals surface area contributed by atoms with Crippen LogP contribution in [-0.4, -0.2) is 49.8 Å². The van der Waals surface area contributed by atoms with E-state index < -0.39 is 10.1 Å². The molecule has 25 heavy (non-hydrogen) atoms. The van der Waals surface area contributed by atoms with Gasteiger partial charge in [-0.3, -0.25) is 8.98 Å². The predicted molar refractivity (Wildman–Crippen MR) is 98.6 cm³/mol. The fraction of sp³-hybridized carbons (Fsp3) is 0.600. The number of nitrogens with zero attached hydrogens (tertiary/aromatic N) is 2. The number of anilines is 1. The van der Waals surface area contributed by atoms with Gasteiger partial charge < -0.3 is 15.2 Å². The van der Waals surface area contributed by atoms with Crippen LogP contribution in [0.5, 0.6) is 0 Å². The molecule has 0 unspecified atom stereocenters. The summed E-state index contributed by atoms with van der Waals surface area (Å²) in [6, 6.07) is 0. The summed E-state index contributed by atoms with van der Waals surface area (Å²) >= 11 is 6.12. The molecule has 0 aromatic carbocycles. The normalized spacial score (nSPS) is 11.3. The van der Waals surface area contributed by atoms with Crippen molar-refractivity contribution in [3.8, 4) is 0 Å². The fourth-order valence-electron chi connectivity index (χ4n) is 2.03. The number of unbranched alkanes of at least 4 members (excludes halogenated alkanes) is 1. The van der Waals surface area contributed by atoms with Crippen LogP contribution in [0, 0.1) is 0 Å². The highest BCUT2D eigenvalue weighted by atomic mass is 35.5. The first kappa shape index (κ1) is 21.5. The molecule has 142 valence electrons. The highest BCUT2D eigenvalue weighted by molar-refractivity contribution is 7.85. The van der Waals surface area contributed by atoms with E-state index in [9.17, 15) is 13.2 Å². The molecule has 1 aromatic rings. The Hall–Kier alpha value is -1.58. The van der Waals surface area contributed by atoms with E-state index >= 15 is 0 Å². The van der Waals surface area contributed by atoms with Crippen molar-refractivity contribution in [3.63, 3.8) is 0 Å². The number of carbonyl (C=O) groups excluding carboxylic acids is 1. The second-order valence-corrected chi connectivity index (χ2v) is 7.38. The monoisotopic (exact) mass is 392 g/mol. The minimum atomic E-state index is -3.47. The summed E-state index contributed by atoms with van der Waals surface area (Å²) in [7, 11) is -3.47. The Balaban J connectivity index is 2.74. The van der Waals surface area contributed by atoms with Crippen molar-refractivity contribution in [2.24, 2.45) is 0 Å². The van der Waals surface area contributed by atoms with Crippen molar-refractivity contribution in [2.45, 2.75) is 32.7 Å². The highest BCUT2D eigenvalue weighted by Gasteiger charge is 2.21. The lowest BCUT2D eigenvalue weighted by atomic mass is 10.3. The molecular formula is C15H25ClN4O4S. The molecular weight excluding hydrogens is 368 g/mol. The molecule has 1 aromatic heterocycles. The molecule has 8 nitrogen and oxygen atoms in total. The van der Waals surface area contributed by atoms with Crippen molar-refractivity contribution < 1.29 is 17.4 Å². The summed E-state index contributed by atoms with van der Waals surface area (Å²) in [5.74, 6) is 0.0739. The molecule has 0 spiro atoms. The number of allylic oxidation sites excluding steroid dienone is 1. The Bertz CT molecular complexity index is 688. The third kappa shape index (κ3) is 7.45. The molecule has 1 amide bonds. The Labute approximate surface area is 153 Å². The van der Waals surface area contributed by atoms with Gasteiger partial charge in [0.1, 0.15) is 0 Å². The summed E-state index contributed by atoms with van der Waals surface area (Å²) in [6.45, 7) is 7.03. The molecule has 0 aliphatic rings. The number of amides is 1. The molecule has 0 bridgehead atoms. The van der Waals surface area contributed by atoms with E-state index in [1.165, 1.54) is 0 Å². The number of nitrogens with one attached hydrogen (secondary N) is 2. The number of imidazole rings is 1. The molecule has 0 saturated carbocycles. The molecule has 0 atom stereocenters. The number of halogens is 1. The maximum Gasteiger partial charge on any atom is 0.271 e. The van der Waals surface area contributed by atoms with Crippen molar-refractivity contribution in [3.05, 3.63) is 23.6 Å². The fourth-order valence-corrected chi connectivity index (χ4v) is 2.69. The summed E-state index contributed by atoms with van der Waals surface area (Å²) in [6.07, 6.45) is 4.92. The second-order valence-electron chi connectivity index (χ2n) is 5.39. The molecule has 0 fully saturated rings. The van der Waals surface area contributed by atoms with Crippen LogP contribution in [0.4, 0.5) is 5.82 Å². The van der Waals surface area contributed by atoms with Crippen LogP contribution in [0.3, 0.4) is 0 Å². The topological polar surface area (TPSA) is 102 Å². The summed E-state index contributed by atoms with van der Waals surface area (Å²) < 4.78 is 28.0. The first-order valence-corrected chi connectivity index (χ1v) is 10.2. The van der Waals surface area contributed by atoms with Gasteiger partial charge in [0, 0.05) is 19.6 Å². The minimum Gasteiger partial charge on any atom is -0.368 e. The van der Waals surface area contributed by atoms with E-state index in [-0.39, 0.29) is 24.3 Å². The SMILES string of the molecule is C=CCn1c(Cl)nc(NCCCC)c1C(=O)NCCCOS(C)(=O)=O. The van der Waals surface area contributed by atoms with Gasteiger partial charge in [0.25, 0.3) is 16.0 Å². The van der Waals surface area contributed by atoms with Crippen LogP contribution in [0.2, 0.25) is 5.28 Å². The van der Waals surface area contributed by atoms with E-state index in [0.29, 0.717) is 31.0 Å². The lowest BCUT2D eigenvalue weighted by Gasteiger charge is -2.10. The predicted octanol–water partition coefficient (Wildman–Crippen LogP) is 2.03. The molecule has 0 saturated heterocycles. The van der Waals surface area contributed by atoms with Crippen molar-refractivity contribution in [1.29, 1.82) is 0 Å². The minimum absolute atomic E-state index is 0.00734. The lowest BCUT2D eigenvalue weighted by molar-refractivity contribution is 0.0944. The van der Waals surface area contributed by atoms with E-state index in [0.717, 1.165) is 19.1 Å². The van der Waals surface area contributed by atoms with Gasteiger partial charge in [0.05, 0.1) is 12.9 Å². The van der Waals surface area contributed by atoms with Crippen LogP contribution in [0.1, 0.15) is 36.7 Å². The van der Waals surface area contributed by atoms with Gasteiger partial charge in [0.2, 0.25) is 5.28 Å². The zero-order valence-electron chi connectivity index (χ0n) is 14.5. The third-order valence-electron chi connectivity index (χ3n) is 3.17. The smallest absolute Gasteiger partial charge is 0.271 e. The Morgan fingerprint density at radius 1 is 1.40 bits per heavy atom. The second kappa shape index (κ2) is 10.4. The number of rotatable bonds is 12. The van der Waals surface area contributed by atoms with Gasteiger partial charge in [-0.2, -0.15) is 13.4 Å². The third-order valence-corrected chi connectivity index (χ3v) is 4.06. The van der Waals surface area contributed by atoms with Gasteiger partial charge >= 0.3 is 0 Å². The van der Waals surface area contributed by atoms with Crippen molar-refractivity contribution in [2.75, 3.05) is 31.3 Å². The van der Waals surface area contributed by atoms with Crippen LogP contribution >= 0.6 is 11.6 Å². The number of hydrogen-bond donors (Lipinski definition) is 2. The number of hydrogen-bond acceptors (Lipinski definition) is 6. The highest BCUT2D eigenvalue weighted by Crippen LogP contribution is 2.21. The first-order valence-electron chi connectivity index (χ1n) is 8.03. The van der Waals surface area contributed by atoms with E-state index in [2.05, 4.69) is 33.3 Å². The Kier molecular flexibility index (Phi) is 8.95. The van der Waals surface area contributed by atoms with Gasteiger partial charge in [-0.15, -0.1) is 6.58 Å². The molecule has 1 rings (SSSR count). The average Bonchev–Trinajstić information content (AvgIpc) is 2.82. The number of carbonyl (C=O) groups is 1. The summed E-state index contributed by atoms with van der Waals surface area (Å²) in [5, 5.41) is 6.04. The largest absolute Gasteiger partial charge is 0.368 e. The van der Waals surface area contributed by atoms with E-state index in [4.69, 9.17) is 11.6 Å². The lowest BCUT2D eigenvalue weighted by Crippen LogP contribution is -2.28. The summed E-state index contributed by atoms with van der Waals surface area (Å²) in [5.41, 5.74) is 0.324. The van der Waals surface area contributed by atoms with Gasteiger partial charge in [-0.1, -0.05) is 19.4 Å². The van der Waals surface area contributed by atoms with E-state index in [1.807, 2.05) is 0 Å². The molecule has 1 heterocycles. The standard InChI is InChI=1S/C15H25ClN4O4S/c1-4-6-8-17-13-12(20(10-5-2)15(16)19-13)14(21)18-9-7-11-24-25(3,22)23/h5,17H,2,4,6-11H2,1,3H3,(H,18,21). The van der Waals surface area contributed by atoms with Crippen molar-refractivity contribution >= 4 is 33.4 Å².